The average molecular weight is 294 g/mol. The Labute approximate surface area is 125 Å². The van der Waals surface area contributed by atoms with Crippen LogP contribution in [0.15, 0.2) is 12.1 Å². The first kappa shape index (κ1) is 17.1. The number of carbonyl (C=O) groups is 2. The molecule has 0 aliphatic heterocycles. The summed E-state index contributed by atoms with van der Waals surface area (Å²) >= 11 is 0. The van der Waals surface area contributed by atoms with Crippen molar-refractivity contribution in [3.05, 3.63) is 34.6 Å². The third kappa shape index (κ3) is 5.17. The van der Waals surface area contributed by atoms with Crippen molar-refractivity contribution in [3.8, 4) is 0 Å². The molecule has 2 amide bonds. The van der Waals surface area contributed by atoms with Gasteiger partial charge in [0, 0.05) is 19.9 Å². The van der Waals surface area contributed by atoms with Gasteiger partial charge in [0.05, 0.1) is 6.04 Å². The fourth-order valence-corrected chi connectivity index (χ4v) is 2.16. The molecule has 0 heterocycles. The highest BCUT2D eigenvalue weighted by atomic mass is 19.1. The fraction of sp³-hybridized carbons (Fsp3) is 0.500. The summed E-state index contributed by atoms with van der Waals surface area (Å²) in [5, 5.41) is 5.39. The summed E-state index contributed by atoms with van der Waals surface area (Å²) in [7, 11) is 1.57. The molecule has 21 heavy (non-hydrogen) atoms. The smallest absolute Gasteiger partial charge is 0.220 e. The van der Waals surface area contributed by atoms with Gasteiger partial charge in [-0.1, -0.05) is 12.1 Å². The second-order valence-corrected chi connectivity index (χ2v) is 5.28. The van der Waals surface area contributed by atoms with Crippen molar-refractivity contribution in [2.75, 3.05) is 7.05 Å². The van der Waals surface area contributed by atoms with E-state index in [1.807, 2.05) is 6.92 Å². The normalized spacial score (nSPS) is 11.9. The first-order valence-electron chi connectivity index (χ1n) is 7.11. The lowest BCUT2D eigenvalue weighted by molar-refractivity contribution is -0.122. The van der Waals surface area contributed by atoms with Gasteiger partial charge < -0.3 is 10.6 Å². The largest absolute Gasteiger partial charge is 0.359 e. The van der Waals surface area contributed by atoms with Crippen molar-refractivity contribution in [1.29, 1.82) is 0 Å². The molecule has 5 heteroatoms. The molecule has 2 N–H and O–H groups in total. The average Bonchev–Trinajstić information content (AvgIpc) is 2.43. The van der Waals surface area contributed by atoms with E-state index in [4.69, 9.17) is 0 Å². The molecule has 1 aromatic rings. The number of nitrogens with one attached hydrogen (secondary N) is 2. The van der Waals surface area contributed by atoms with Crippen LogP contribution < -0.4 is 10.6 Å². The highest BCUT2D eigenvalue weighted by Gasteiger charge is 2.13. The third-order valence-electron chi connectivity index (χ3n) is 3.42. The number of amides is 2. The van der Waals surface area contributed by atoms with Gasteiger partial charge >= 0.3 is 0 Å². The van der Waals surface area contributed by atoms with Gasteiger partial charge in [0.25, 0.3) is 0 Å². The van der Waals surface area contributed by atoms with Crippen LogP contribution in [0.5, 0.6) is 0 Å². The van der Waals surface area contributed by atoms with Crippen molar-refractivity contribution in [1.82, 2.24) is 10.6 Å². The van der Waals surface area contributed by atoms with Crippen LogP contribution in [0.25, 0.3) is 0 Å². The first-order valence-corrected chi connectivity index (χ1v) is 7.11. The number of carbonyl (C=O) groups excluding carboxylic acids is 2. The maximum Gasteiger partial charge on any atom is 0.220 e. The monoisotopic (exact) mass is 294 g/mol. The number of hydrogen-bond donors (Lipinski definition) is 2. The molecule has 0 aromatic heterocycles. The minimum atomic E-state index is -0.206. The summed E-state index contributed by atoms with van der Waals surface area (Å²) in [5.74, 6) is -0.380. The molecular formula is C16H23FN2O2. The van der Waals surface area contributed by atoms with Gasteiger partial charge in [-0.05, 0) is 43.9 Å². The Bertz CT molecular complexity index is 506. The number of halogens is 1. The van der Waals surface area contributed by atoms with Crippen LogP contribution in [-0.4, -0.2) is 18.9 Å². The molecule has 1 rings (SSSR count). The van der Waals surface area contributed by atoms with Crippen LogP contribution in [0.4, 0.5) is 4.39 Å². The Kier molecular flexibility index (Phi) is 6.34. The van der Waals surface area contributed by atoms with Gasteiger partial charge in [0.2, 0.25) is 11.8 Å². The van der Waals surface area contributed by atoms with Crippen molar-refractivity contribution in [2.45, 2.75) is 46.1 Å². The van der Waals surface area contributed by atoms with E-state index < -0.39 is 0 Å². The van der Waals surface area contributed by atoms with E-state index in [1.165, 1.54) is 0 Å². The van der Waals surface area contributed by atoms with E-state index in [9.17, 15) is 14.0 Å². The van der Waals surface area contributed by atoms with Crippen molar-refractivity contribution in [2.24, 2.45) is 0 Å². The number of benzene rings is 1. The van der Waals surface area contributed by atoms with Crippen LogP contribution in [0.2, 0.25) is 0 Å². The molecule has 0 spiro atoms. The molecule has 1 atom stereocenters. The summed E-state index contributed by atoms with van der Waals surface area (Å²) < 4.78 is 13.6. The lowest BCUT2D eigenvalue weighted by Crippen LogP contribution is -2.27. The number of aryl methyl sites for hydroxylation is 2. The summed E-state index contributed by atoms with van der Waals surface area (Å²) in [4.78, 5) is 22.9. The van der Waals surface area contributed by atoms with E-state index in [2.05, 4.69) is 10.6 Å². The molecule has 0 saturated heterocycles. The molecule has 0 aliphatic carbocycles. The van der Waals surface area contributed by atoms with Crippen molar-refractivity contribution >= 4 is 11.8 Å². The SMILES string of the molecule is CNC(=O)CCCC(=O)NC(C)c1cc(C)c(F)c(C)c1. The van der Waals surface area contributed by atoms with Crippen LogP contribution in [-0.2, 0) is 9.59 Å². The van der Waals surface area contributed by atoms with E-state index in [1.54, 1.807) is 33.0 Å². The molecule has 0 bridgehead atoms. The Morgan fingerprint density at radius 3 is 2.19 bits per heavy atom. The zero-order valence-corrected chi connectivity index (χ0v) is 13.0. The quantitative estimate of drug-likeness (QED) is 0.847. The van der Waals surface area contributed by atoms with Crippen LogP contribution >= 0.6 is 0 Å². The molecular weight excluding hydrogens is 271 g/mol. The lowest BCUT2D eigenvalue weighted by atomic mass is 10.0. The molecule has 116 valence electrons. The van der Waals surface area contributed by atoms with Crippen LogP contribution in [0.3, 0.4) is 0 Å². The number of rotatable bonds is 6. The Hall–Kier alpha value is -1.91. The van der Waals surface area contributed by atoms with E-state index in [-0.39, 0.29) is 23.7 Å². The lowest BCUT2D eigenvalue weighted by Gasteiger charge is -2.16. The molecule has 0 radical (unpaired) electrons. The maximum absolute atomic E-state index is 13.6. The Balaban J connectivity index is 2.55. The summed E-state index contributed by atoms with van der Waals surface area (Å²) in [6.45, 7) is 5.29. The molecule has 4 nitrogen and oxygen atoms in total. The zero-order valence-electron chi connectivity index (χ0n) is 13.0. The Morgan fingerprint density at radius 2 is 1.67 bits per heavy atom. The minimum Gasteiger partial charge on any atom is -0.359 e. The first-order chi connectivity index (χ1) is 9.85. The van der Waals surface area contributed by atoms with Gasteiger partial charge in [-0.3, -0.25) is 9.59 Å². The number of hydrogen-bond acceptors (Lipinski definition) is 2. The summed E-state index contributed by atoms with van der Waals surface area (Å²) in [5.41, 5.74) is 2.03. The third-order valence-corrected chi connectivity index (χ3v) is 3.42. The van der Waals surface area contributed by atoms with Gasteiger partial charge in [0.15, 0.2) is 0 Å². The van der Waals surface area contributed by atoms with Gasteiger partial charge in [-0.15, -0.1) is 0 Å². The van der Waals surface area contributed by atoms with Crippen LogP contribution in [0.1, 0.15) is 48.9 Å². The summed E-state index contributed by atoms with van der Waals surface area (Å²) in [6, 6.07) is 3.31. The van der Waals surface area contributed by atoms with Crippen molar-refractivity contribution < 1.29 is 14.0 Å². The van der Waals surface area contributed by atoms with Gasteiger partial charge in [0.1, 0.15) is 5.82 Å². The molecule has 1 unspecified atom stereocenters. The second-order valence-electron chi connectivity index (χ2n) is 5.28. The predicted molar refractivity (Wildman–Crippen MR) is 80.3 cm³/mol. The molecule has 0 saturated carbocycles. The van der Waals surface area contributed by atoms with Gasteiger partial charge in [-0.2, -0.15) is 0 Å². The zero-order chi connectivity index (χ0) is 16.0. The predicted octanol–water partition coefficient (Wildman–Crippen LogP) is 2.54. The molecule has 0 aliphatic rings. The van der Waals surface area contributed by atoms with Gasteiger partial charge in [-0.25, -0.2) is 4.39 Å². The highest BCUT2D eigenvalue weighted by molar-refractivity contribution is 5.78. The molecule has 1 aromatic carbocycles. The standard InChI is InChI=1S/C16H23FN2O2/c1-10-8-13(9-11(2)16(10)17)12(3)19-15(21)7-5-6-14(20)18-4/h8-9,12H,5-7H2,1-4H3,(H,18,20)(H,19,21). The Morgan fingerprint density at radius 1 is 1.14 bits per heavy atom. The second kappa shape index (κ2) is 7.76. The van der Waals surface area contributed by atoms with E-state index in [0.29, 0.717) is 30.4 Å². The van der Waals surface area contributed by atoms with Crippen molar-refractivity contribution in [3.63, 3.8) is 0 Å². The topological polar surface area (TPSA) is 58.2 Å². The molecule has 0 fully saturated rings. The van der Waals surface area contributed by atoms with Crippen LogP contribution in [0, 0.1) is 19.7 Å². The summed E-state index contributed by atoms with van der Waals surface area (Å²) in [6.07, 6.45) is 1.16. The highest BCUT2D eigenvalue weighted by Crippen LogP contribution is 2.20. The van der Waals surface area contributed by atoms with E-state index in [0.717, 1.165) is 5.56 Å². The fourth-order valence-electron chi connectivity index (χ4n) is 2.16. The van der Waals surface area contributed by atoms with E-state index >= 15 is 0 Å². The minimum absolute atomic E-state index is 0.0689. The maximum atomic E-state index is 13.6.